The van der Waals surface area contributed by atoms with Crippen LogP contribution in [0.1, 0.15) is 26.7 Å². The monoisotopic (exact) mass is 341 g/mol. The van der Waals surface area contributed by atoms with E-state index < -0.39 is 17.5 Å². The van der Waals surface area contributed by atoms with Gasteiger partial charge in [-0.2, -0.15) is 0 Å². The maximum atomic E-state index is 12.4. The largest absolute Gasteiger partial charge is 0.384 e. The van der Waals surface area contributed by atoms with Crippen molar-refractivity contribution in [2.45, 2.75) is 32.2 Å². The van der Waals surface area contributed by atoms with Gasteiger partial charge in [-0.15, -0.1) is 12.4 Å². The van der Waals surface area contributed by atoms with Crippen molar-refractivity contribution in [3.05, 3.63) is 18.3 Å². The summed E-state index contributed by atoms with van der Waals surface area (Å²) in [6.07, 6.45) is 2.36. The van der Waals surface area contributed by atoms with Gasteiger partial charge in [-0.3, -0.25) is 14.5 Å². The minimum atomic E-state index is -0.903. The number of rotatable bonds is 5. The van der Waals surface area contributed by atoms with Crippen molar-refractivity contribution < 1.29 is 14.4 Å². The predicted molar refractivity (Wildman–Crippen MR) is 88.1 cm³/mol. The number of nitrogen functional groups attached to an aromatic ring is 1. The number of carbonyl (C=O) groups excluding carboxylic acids is 3. The molecular formula is C14H20ClN5O3. The van der Waals surface area contributed by atoms with Crippen molar-refractivity contribution >= 4 is 41.8 Å². The van der Waals surface area contributed by atoms with Crippen molar-refractivity contribution in [1.82, 2.24) is 15.2 Å². The number of hydrogen-bond acceptors (Lipinski definition) is 5. The van der Waals surface area contributed by atoms with Crippen molar-refractivity contribution in [3.8, 4) is 0 Å². The van der Waals surface area contributed by atoms with Crippen LogP contribution >= 0.6 is 12.4 Å². The predicted octanol–water partition coefficient (Wildman–Crippen LogP) is 1.13. The van der Waals surface area contributed by atoms with Crippen LogP contribution in [0.4, 0.5) is 16.3 Å². The van der Waals surface area contributed by atoms with Crippen LogP contribution in [0, 0.1) is 0 Å². The van der Waals surface area contributed by atoms with Gasteiger partial charge in [-0.05, 0) is 25.0 Å². The van der Waals surface area contributed by atoms with Gasteiger partial charge in [0.25, 0.3) is 5.91 Å². The standard InChI is InChI=1S/C14H19N5O3.ClH/c1-3-14(4-2)12(21)19(13(22)18-14)8-11(20)17-9-5-6-10(15)16-7-9;/h5-7H,3-4,8H2,1-2H3,(H2,15,16)(H,17,20)(H,18,22);1H. The van der Waals surface area contributed by atoms with Crippen molar-refractivity contribution in [3.63, 3.8) is 0 Å². The lowest BCUT2D eigenvalue weighted by Crippen LogP contribution is -2.46. The lowest BCUT2D eigenvalue weighted by Gasteiger charge is -2.22. The van der Waals surface area contributed by atoms with E-state index in [0.29, 0.717) is 24.3 Å². The van der Waals surface area contributed by atoms with Gasteiger partial charge in [0, 0.05) is 0 Å². The van der Waals surface area contributed by atoms with Crippen LogP contribution < -0.4 is 16.4 Å². The highest BCUT2D eigenvalue weighted by atomic mass is 35.5. The minimum absolute atomic E-state index is 0. The van der Waals surface area contributed by atoms with E-state index in [2.05, 4.69) is 15.6 Å². The number of carbonyl (C=O) groups is 3. The molecule has 0 unspecified atom stereocenters. The Kier molecular flexibility index (Phi) is 5.91. The number of amides is 4. The Balaban J connectivity index is 0.00000264. The molecule has 1 aromatic rings. The topological polar surface area (TPSA) is 117 Å². The number of nitrogens with one attached hydrogen (secondary N) is 2. The molecular weight excluding hydrogens is 322 g/mol. The zero-order valence-corrected chi connectivity index (χ0v) is 13.8. The Hall–Kier alpha value is -2.35. The van der Waals surface area contributed by atoms with Gasteiger partial charge in [0.05, 0.1) is 11.9 Å². The van der Waals surface area contributed by atoms with Crippen LogP contribution in [-0.4, -0.2) is 39.8 Å². The molecule has 0 aromatic carbocycles. The van der Waals surface area contributed by atoms with E-state index in [0.717, 1.165) is 4.90 Å². The van der Waals surface area contributed by atoms with Crippen molar-refractivity contribution in [2.24, 2.45) is 0 Å². The molecule has 0 bridgehead atoms. The third-order valence-electron chi connectivity index (χ3n) is 3.82. The molecule has 2 rings (SSSR count). The summed E-state index contributed by atoms with van der Waals surface area (Å²) >= 11 is 0. The Labute approximate surface area is 140 Å². The number of halogens is 1. The lowest BCUT2D eigenvalue weighted by molar-refractivity contribution is -0.134. The average Bonchev–Trinajstić information content (AvgIpc) is 2.74. The van der Waals surface area contributed by atoms with E-state index in [-0.39, 0.29) is 24.9 Å². The second-order valence-corrected chi connectivity index (χ2v) is 5.13. The SMILES string of the molecule is CCC1(CC)NC(=O)N(CC(=O)Nc2ccc(N)nc2)C1=O.Cl. The number of urea groups is 1. The summed E-state index contributed by atoms with van der Waals surface area (Å²) in [4.78, 5) is 41.1. The molecule has 1 fully saturated rings. The van der Waals surface area contributed by atoms with Gasteiger partial charge in [0.2, 0.25) is 5.91 Å². The quantitative estimate of drug-likeness (QED) is 0.694. The van der Waals surface area contributed by atoms with Gasteiger partial charge in [0.15, 0.2) is 0 Å². The maximum Gasteiger partial charge on any atom is 0.325 e. The van der Waals surface area contributed by atoms with Crippen LogP contribution in [0.15, 0.2) is 18.3 Å². The van der Waals surface area contributed by atoms with Gasteiger partial charge >= 0.3 is 6.03 Å². The number of hydrogen-bond donors (Lipinski definition) is 3. The molecule has 126 valence electrons. The number of anilines is 2. The molecule has 1 aromatic heterocycles. The molecule has 0 radical (unpaired) electrons. The molecule has 0 saturated carbocycles. The highest BCUT2D eigenvalue weighted by molar-refractivity contribution is 6.10. The molecule has 23 heavy (non-hydrogen) atoms. The van der Waals surface area contributed by atoms with E-state index in [1.165, 1.54) is 6.20 Å². The Morgan fingerprint density at radius 2 is 2.00 bits per heavy atom. The number of nitrogens with zero attached hydrogens (tertiary/aromatic N) is 2. The Morgan fingerprint density at radius 1 is 1.35 bits per heavy atom. The molecule has 9 heteroatoms. The summed E-state index contributed by atoms with van der Waals surface area (Å²) in [7, 11) is 0. The molecule has 4 N–H and O–H groups in total. The highest BCUT2D eigenvalue weighted by Crippen LogP contribution is 2.24. The van der Waals surface area contributed by atoms with Crippen LogP contribution in [-0.2, 0) is 9.59 Å². The molecule has 0 aliphatic carbocycles. The maximum absolute atomic E-state index is 12.4. The summed E-state index contributed by atoms with van der Waals surface area (Å²) in [6, 6.07) is 2.59. The fourth-order valence-electron chi connectivity index (χ4n) is 2.37. The summed E-state index contributed by atoms with van der Waals surface area (Å²) in [5.74, 6) is -0.506. The second kappa shape index (κ2) is 7.28. The van der Waals surface area contributed by atoms with Crippen molar-refractivity contribution in [2.75, 3.05) is 17.6 Å². The first-order valence-corrected chi connectivity index (χ1v) is 7.07. The van der Waals surface area contributed by atoms with Crippen molar-refractivity contribution in [1.29, 1.82) is 0 Å². The number of pyridine rings is 1. The van der Waals surface area contributed by atoms with Crippen LogP contribution in [0.5, 0.6) is 0 Å². The second-order valence-electron chi connectivity index (χ2n) is 5.13. The third-order valence-corrected chi connectivity index (χ3v) is 3.82. The molecule has 1 aliphatic rings. The zero-order chi connectivity index (χ0) is 16.3. The first-order chi connectivity index (χ1) is 10.4. The summed E-state index contributed by atoms with van der Waals surface area (Å²) in [5, 5.41) is 5.24. The number of imide groups is 1. The molecule has 1 aliphatic heterocycles. The molecule has 2 heterocycles. The fourth-order valence-corrected chi connectivity index (χ4v) is 2.37. The van der Waals surface area contributed by atoms with Gasteiger partial charge < -0.3 is 16.4 Å². The third kappa shape index (κ3) is 3.70. The first-order valence-electron chi connectivity index (χ1n) is 7.07. The first kappa shape index (κ1) is 18.7. The van der Waals surface area contributed by atoms with Gasteiger partial charge in [-0.1, -0.05) is 13.8 Å². The lowest BCUT2D eigenvalue weighted by atomic mass is 9.93. The average molecular weight is 342 g/mol. The van der Waals surface area contributed by atoms with E-state index in [9.17, 15) is 14.4 Å². The van der Waals surface area contributed by atoms with E-state index >= 15 is 0 Å². The summed E-state index contributed by atoms with van der Waals surface area (Å²) in [6.45, 7) is 3.31. The van der Waals surface area contributed by atoms with Crippen LogP contribution in [0.2, 0.25) is 0 Å². The molecule has 8 nitrogen and oxygen atoms in total. The summed E-state index contributed by atoms with van der Waals surface area (Å²) < 4.78 is 0. The summed E-state index contributed by atoms with van der Waals surface area (Å²) in [5.41, 5.74) is 5.00. The van der Waals surface area contributed by atoms with E-state index in [1.54, 1.807) is 12.1 Å². The number of nitrogens with two attached hydrogens (primary N) is 1. The van der Waals surface area contributed by atoms with Crippen LogP contribution in [0.3, 0.4) is 0 Å². The molecule has 0 atom stereocenters. The zero-order valence-electron chi connectivity index (χ0n) is 13.0. The van der Waals surface area contributed by atoms with Gasteiger partial charge in [0.1, 0.15) is 17.9 Å². The van der Waals surface area contributed by atoms with E-state index in [4.69, 9.17) is 5.73 Å². The highest BCUT2D eigenvalue weighted by Gasteiger charge is 2.49. The molecule has 4 amide bonds. The Bertz CT molecular complexity index is 601. The molecule has 1 saturated heterocycles. The van der Waals surface area contributed by atoms with Crippen LogP contribution in [0.25, 0.3) is 0 Å². The smallest absolute Gasteiger partial charge is 0.325 e. The van der Waals surface area contributed by atoms with E-state index in [1.807, 2.05) is 13.8 Å². The fraction of sp³-hybridized carbons (Fsp3) is 0.429. The Morgan fingerprint density at radius 3 is 2.48 bits per heavy atom. The van der Waals surface area contributed by atoms with Gasteiger partial charge in [-0.25, -0.2) is 9.78 Å². The number of aromatic nitrogens is 1. The minimum Gasteiger partial charge on any atom is -0.384 e. The normalized spacial score (nSPS) is 15.8. The molecule has 0 spiro atoms.